The maximum atomic E-state index is 11.7. The van der Waals surface area contributed by atoms with Gasteiger partial charge in [-0.15, -0.1) is 0 Å². The van der Waals surface area contributed by atoms with E-state index >= 15 is 0 Å². The summed E-state index contributed by atoms with van der Waals surface area (Å²) >= 11 is 0. The van der Waals surface area contributed by atoms with Crippen LogP contribution in [0.25, 0.3) is 0 Å². The first-order chi connectivity index (χ1) is 9.61. The minimum absolute atomic E-state index is 0.00252. The second kappa shape index (κ2) is 7.45. The van der Waals surface area contributed by atoms with Crippen molar-refractivity contribution in [2.45, 2.75) is 65.0 Å². The van der Waals surface area contributed by atoms with E-state index in [1.54, 1.807) is 6.92 Å². The summed E-state index contributed by atoms with van der Waals surface area (Å²) in [6.07, 6.45) is 2.94. The van der Waals surface area contributed by atoms with Gasteiger partial charge in [0.05, 0.1) is 12.4 Å². The van der Waals surface area contributed by atoms with Crippen molar-refractivity contribution in [2.24, 2.45) is 5.92 Å². The molecule has 124 valence electrons. The first kappa shape index (κ1) is 18.2. The third kappa shape index (κ3) is 7.66. The minimum Gasteiger partial charge on any atom is -0.444 e. The average molecular weight is 321 g/mol. The van der Waals surface area contributed by atoms with Crippen molar-refractivity contribution < 1.29 is 22.1 Å². The first-order valence-electron chi connectivity index (χ1n) is 7.48. The molecule has 7 heteroatoms. The molecule has 0 aliphatic heterocycles. The van der Waals surface area contributed by atoms with Gasteiger partial charge < -0.3 is 10.1 Å². The lowest BCUT2D eigenvalue weighted by molar-refractivity contribution is 0.0484. The molecule has 0 radical (unpaired) electrons. The maximum Gasteiger partial charge on any atom is 0.407 e. The van der Waals surface area contributed by atoms with Crippen molar-refractivity contribution in [3.8, 4) is 0 Å². The SMILES string of the molecule is CCS(=O)(=O)OCC1CCC(NC(=O)OC(C)(C)C)CC1. The molecule has 1 N–H and O–H groups in total. The van der Waals surface area contributed by atoms with Crippen LogP contribution in [-0.4, -0.2) is 38.5 Å². The molecule has 0 aromatic rings. The second-order valence-electron chi connectivity index (χ2n) is 6.49. The van der Waals surface area contributed by atoms with Crippen LogP contribution in [0.15, 0.2) is 0 Å². The number of amides is 1. The van der Waals surface area contributed by atoms with E-state index in [9.17, 15) is 13.2 Å². The van der Waals surface area contributed by atoms with Crippen LogP contribution in [0, 0.1) is 5.92 Å². The maximum absolute atomic E-state index is 11.7. The molecule has 0 unspecified atom stereocenters. The predicted molar refractivity (Wildman–Crippen MR) is 80.5 cm³/mol. The van der Waals surface area contributed by atoms with Gasteiger partial charge in [0, 0.05) is 6.04 Å². The van der Waals surface area contributed by atoms with Crippen molar-refractivity contribution in [1.29, 1.82) is 0 Å². The lowest BCUT2D eigenvalue weighted by Gasteiger charge is -2.29. The zero-order valence-electron chi connectivity index (χ0n) is 13.3. The average Bonchev–Trinajstić information content (AvgIpc) is 2.36. The molecule has 1 amide bonds. The number of alkyl carbamates (subject to hydrolysis) is 1. The molecule has 0 heterocycles. The van der Waals surface area contributed by atoms with Gasteiger partial charge in [-0.1, -0.05) is 0 Å². The van der Waals surface area contributed by atoms with Crippen LogP contribution in [0.2, 0.25) is 0 Å². The minimum atomic E-state index is -3.36. The highest BCUT2D eigenvalue weighted by molar-refractivity contribution is 7.86. The molecule has 0 aromatic heterocycles. The lowest BCUT2D eigenvalue weighted by atomic mass is 9.87. The third-order valence-corrected chi connectivity index (χ3v) is 4.61. The Morgan fingerprint density at radius 1 is 1.19 bits per heavy atom. The summed E-state index contributed by atoms with van der Waals surface area (Å²) in [6, 6.07) is 0.0962. The van der Waals surface area contributed by atoms with Crippen LogP contribution in [0.4, 0.5) is 4.79 Å². The van der Waals surface area contributed by atoms with E-state index in [1.165, 1.54) is 0 Å². The summed E-state index contributed by atoms with van der Waals surface area (Å²) in [6.45, 7) is 7.30. The Morgan fingerprint density at radius 3 is 2.24 bits per heavy atom. The van der Waals surface area contributed by atoms with Gasteiger partial charge >= 0.3 is 6.09 Å². The molecule has 1 rings (SSSR count). The molecule has 0 saturated heterocycles. The zero-order chi connectivity index (χ0) is 16.1. The van der Waals surface area contributed by atoms with Crippen LogP contribution in [-0.2, 0) is 19.0 Å². The van der Waals surface area contributed by atoms with E-state index < -0.39 is 21.8 Å². The van der Waals surface area contributed by atoms with Gasteiger partial charge in [0.1, 0.15) is 5.60 Å². The van der Waals surface area contributed by atoms with Crippen LogP contribution in [0.5, 0.6) is 0 Å². The highest BCUT2D eigenvalue weighted by atomic mass is 32.2. The number of hydrogen-bond donors (Lipinski definition) is 1. The Labute approximate surface area is 127 Å². The van der Waals surface area contributed by atoms with E-state index in [0.29, 0.717) is 0 Å². The molecule has 1 fully saturated rings. The van der Waals surface area contributed by atoms with Crippen molar-refractivity contribution in [1.82, 2.24) is 5.32 Å². The standard InChI is InChI=1S/C14H27NO5S/c1-5-21(17,18)19-10-11-6-8-12(9-7-11)15-13(16)20-14(2,3)4/h11-12H,5-10H2,1-4H3,(H,15,16). The van der Waals surface area contributed by atoms with Crippen molar-refractivity contribution in [2.75, 3.05) is 12.4 Å². The fourth-order valence-electron chi connectivity index (χ4n) is 2.23. The number of ether oxygens (including phenoxy) is 1. The Kier molecular flexibility index (Phi) is 6.46. The van der Waals surface area contributed by atoms with Gasteiger partial charge in [0.15, 0.2) is 0 Å². The molecule has 0 bridgehead atoms. The van der Waals surface area contributed by atoms with Gasteiger partial charge in [0.2, 0.25) is 0 Å². The number of nitrogens with one attached hydrogen (secondary N) is 1. The van der Waals surface area contributed by atoms with Crippen LogP contribution >= 0.6 is 0 Å². The molecule has 6 nitrogen and oxygen atoms in total. The Balaban J connectivity index is 2.28. The molecule has 1 aliphatic carbocycles. The van der Waals surface area contributed by atoms with Crippen molar-refractivity contribution >= 4 is 16.2 Å². The first-order valence-corrected chi connectivity index (χ1v) is 9.05. The van der Waals surface area contributed by atoms with Crippen molar-refractivity contribution in [3.63, 3.8) is 0 Å². The van der Waals surface area contributed by atoms with Crippen LogP contribution in [0.3, 0.4) is 0 Å². The number of carbonyl (C=O) groups excluding carboxylic acids is 1. The van der Waals surface area contributed by atoms with E-state index in [1.807, 2.05) is 20.8 Å². The highest BCUT2D eigenvalue weighted by Crippen LogP contribution is 2.25. The molecule has 1 aliphatic rings. The van der Waals surface area contributed by atoms with Crippen LogP contribution < -0.4 is 5.32 Å². The summed E-state index contributed by atoms with van der Waals surface area (Å²) in [5.41, 5.74) is -0.496. The molecule has 0 aromatic carbocycles. The fraction of sp³-hybridized carbons (Fsp3) is 0.929. The smallest absolute Gasteiger partial charge is 0.407 e. The molecule has 21 heavy (non-hydrogen) atoms. The van der Waals surface area contributed by atoms with Crippen LogP contribution in [0.1, 0.15) is 53.4 Å². The highest BCUT2D eigenvalue weighted by Gasteiger charge is 2.25. The number of rotatable bonds is 5. The molecular formula is C14H27NO5S. The summed E-state index contributed by atoms with van der Waals surface area (Å²) in [5.74, 6) is 0.241. The number of carbonyl (C=O) groups is 1. The van der Waals surface area contributed by atoms with Gasteiger partial charge in [-0.25, -0.2) is 4.79 Å². The van der Waals surface area contributed by atoms with Gasteiger partial charge in [-0.3, -0.25) is 4.18 Å². The third-order valence-electron chi connectivity index (χ3n) is 3.40. The molecular weight excluding hydrogens is 294 g/mol. The topological polar surface area (TPSA) is 81.7 Å². The normalized spacial score (nSPS) is 23.6. The second-order valence-corrected chi connectivity index (χ2v) is 8.42. The zero-order valence-corrected chi connectivity index (χ0v) is 14.2. The van der Waals surface area contributed by atoms with Gasteiger partial charge in [-0.05, 0) is 59.3 Å². The number of hydrogen-bond acceptors (Lipinski definition) is 5. The van der Waals surface area contributed by atoms with E-state index in [2.05, 4.69) is 5.32 Å². The quantitative estimate of drug-likeness (QED) is 0.787. The van der Waals surface area contributed by atoms with Gasteiger partial charge in [0.25, 0.3) is 10.1 Å². The fourth-order valence-corrected chi connectivity index (χ4v) is 2.80. The Bertz CT molecular complexity index is 433. The summed E-state index contributed by atoms with van der Waals surface area (Å²) in [5, 5.41) is 2.86. The summed E-state index contributed by atoms with van der Waals surface area (Å²) in [7, 11) is -3.36. The van der Waals surface area contributed by atoms with E-state index in [0.717, 1.165) is 25.7 Å². The largest absolute Gasteiger partial charge is 0.444 e. The summed E-state index contributed by atoms with van der Waals surface area (Å²) < 4.78 is 32.8. The van der Waals surface area contributed by atoms with Gasteiger partial charge in [-0.2, -0.15) is 8.42 Å². The molecule has 0 atom stereocenters. The predicted octanol–water partition coefficient (Wildman–Crippen LogP) is 2.44. The van der Waals surface area contributed by atoms with Crippen molar-refractivity contribution in [3.05, 3.63) is 0 Å². The Hall–Kier alpha value is -0.820. The summed E-state index contributed by atoms with van der Waals surface area (Å²) in [4.78, 5) is 11.7. The Morgan fingerprint density at radius 2 is 1.76 bits per heavy atom. The van der Waals surface area contributed by atoms with E-state index in [-0.39, 0.29) is 24.3 Å². The monoisotopic (exact) mass is 321 g/mol. The molecule has 0 spiro atoms. The van der Waals surface area contributed by atoms with E-state index in [4.69, 9.17) is 8.92 Å². The molecule has 1 saturated carbocycles. The lowest BCUT2D eigenvalue weighted by Crippen LogP contribution is -2.41.